The standard InChI is InChI=1S/C13H13N5O2/c1-2-20-13(19)15-12-11(8-14)16-17-18(12)9-10-6-4-3-5-7-10/h3-7H,2,9H2,1H3,(H,15,19). The second kappa shape index (κ2) is 6.33. The molecule has 0 atom stereocenters. The molecule has 1 aromatic carbocycles. The van der Waals surface area contributed by atoms with E-state index in [0.717, 1.165) is 5.56 Å². The first-order chi connectivity index (χ1) is 9.74. The Bertz CT molecular complexity index is 630. The van der Waals surface area contributed by atoms with Crippen LogP contribution in [0, 0.1) is 11.3 Å². The van der Waals surface area contributed by atoms with E-state index in [9.17, 15) is 4.79 Å². The summed E-state index contributed by atoms with van der Waals surface area (Å²) in [5.41, 5.74) is 1.03. The van der Waals surface area contributed by atoms with Gasteiger partial charge < -0.3 is 4.74 Å². The Morgan fingerprint density at radius 2 is 2.20 bits per heavy atom. The molecule has 0 unspecified atom stereocenters. The Hall–Kier alpha value is -2.88. The van der Waals surface area contributed by atoms with Crippen LogP contribution in [0.2, 0.25) is 0 Å². The highest BCUT2D eigenvalue weighted by Crippen LogP contribution is 2.14. The zero-order chi connectivity index (χ0) is 14.4. The number of ether oxygens (including phenoxy) is 1. The van der Waals surface area contributed by atoms with Crippen LogP contribution >= 0.6 is 0 Å². The van der Waals surface area contributed by atoms with Crippen LogP contribution < -0.4 is 5.32 Å². The molecule has 0 spiro atoms. The van der Waals surface area contributed by atoms with Gasteiger partial charge in [-0.25, -0.2) is 9.48 Å². The minimum absolute atomic E-state index is 0.0500. The molecular formula is C13H13N5O2. The Kier molecular flexibility index (Phi) is 4.29. The highest BCUT2D eigenvalue weighted by Gasteiger charge is 2.16. The number of benzene rings is 1. The van der Waals surface area contributed by atoms with Gasteiger partial charge in [0.1, 0.15) is 6.07 Å². The van der Waals surface area contributed by atoms with Crippen LogP contribution in [-0.2, 0) is 11.3 Å². The number of hydrogen-bond acceptors (Lipinski definition) is 5. The number of anilines is 1. The molecule has 20 heavy (non-hydrogen) atoms. The Morgan fingerprint density at radius 1 is 1.45 bits per heavy atom. The van der Waals surface area contributed by atoms with E-state index in [2.05, 4.69) is 15.6 Å². The lowest BCUT2D eigenvalue weighted by molar-refractivity contribution is 0.167. The van der Waals surface area contributed by atoms with Crippen molar-refractivity contribution >= 4 is 11.9 Å². The number of carbonyl (C=O) groups is 1. The van der Waals surface area contributed by atoms with Gasteiger partial charge in [-0.1, -0.05) is 35.5 Å². The van der Waals surface area contributed by atoms with E-state index in [1.165, 1.54) is 4.68 Å². The van der Waals surface area contributed by atoms with Gasteiger partial charge in [0.05, 0.1) is 13.2 Å². The van der Waals surface area contributed by atoms with Crippen molar-refractivity contribution in [3.05, 3.63) is 41.6 Å². The monoisotopic (exact) mass is 271 g/mol. The molecule has 102 valence electrons. The van der Waals surface area contributed by atoms with Crippen LogP contribution in [0.1, 0.15) is 18.2 Å². The molecule has 1 aromatic heterocycles. The summed E-state index contributed by atoms with van der Waals surface area (Å²) in [5, 5.41) is 19.1. The van der Waals surface area contributed by atoms with E-state index >= 15 is 0 Å². The lowest BCUT2D eigenvalue weighted by Gasteiger charge is -2.08. The number of rotatable bonds is 4. The minimum atomic E-state index is -0.638. The van der Waals surface area contributed by atoms with Crippen LogP contribution in [-0.4, -0.2) is 27.7 Å². The van der Waals surface area contributed by atoms with E-state index in [0.29, 0.717) is 6.54 Å². The summed E-state index contributed by atoms with van der Waals surface area (Å²) < 4.78 is 6.24. The van der Waals surface area contributed by atoms with Gasteiger partial charge in [-0.2, -0.15) is 5.26 Å². The molecule has 1 heterocycles. The molecule has 0 aliphatic heterocycles. The maximum Gasteiger partial charge on any atom is 0.412 e. The summed E-state index contributed by atoms with van der Waals surface area (Å²) in [6.07, 6.45) is -0.638. The smallest absolute Gasteiger partial charge is 0.412 e. The van der Waals surface area contributed by atoms with Crippen LogP contribution in [0.5, 0.6) is 0 Å². The maximum atomic E-state index is 11.5. The molecule has 0 fully saturated rings. The van der Waals surface area contributed by atoms with Crippen molar-refractivity contribution in [3.63, 3.8) is 0 Å². The molecule has 0 saturated heterocycles. The molecular weight excluding hydrogens is 258 g/mol. The van der Waals surface area contributed by atoms with E-state index in [4.69, 9.17) is 10.00 Å². The van der Waals surface area contributed by atoms with Crippen LogP contribution in [0.4, 0.5) is 10.6 Å². The first kappa shape index (κ1) is 13.5. The van der Waals surface area contributed by atoms with Gasteiger partial charge in [-0.05, 0) is 12.5 Å². The average molecular weight is 271 g/mol. The number of nitrogens with zero attached hydrogens (tertiary/aromatic N) is 4. The molecule has 0 radical (unpaired) electrons. The lowest BCUT2D eigenvalue weighted by atomic mass is 10.2. The highest BCUT2D eigenvalue weighted by molar-refractivity contribution is 5.84. The van der Waals surface area contributed by atoms with Gasteiger partial charge in [0.25, 0.3) is 0 Å². The summed E-state index contributed by atoms with van der Waals surface area (Å²) in [4.78, 5) is 11.5. The predicted octanol–water partition coefficient (Wildman–Crippen LogP) is 1.77. The number of nitriles is 1. The van der Waals surface area contributed by atoms with Crippen LogP contribution in [0.15, 0.2) is 30.3 Å². The fourth-order valence-corrected chi connectivity index (χ4v) is 1.64. The van der Waals surface area contributed by atoms with Gasteiger partial charge in [0, 0.05) is 0 Å². The second-order valence-corrected chi connectivity index (χ2v) is 3.89. The lowest BCUT2D eigenvalue weighted by Crippen LogP contribution is -2.17. The molecule has 2 rings (SSSR count). The molecule has 0 aliphatic carbocycles. The molecule has 7 heteroatoms. The third kappa shape index (κ3) is 3.11. The fourth-order valence-electron chi connectivity index (χ4n) is 1.64. The Balaban J connectivity index is 2.23. The molecule has 7 nitrogen and oxygen atoms in total. The predicted molar refractivity (Wildman–Crippen MR) is 70.9 cm³/mol. The van der Waals surface area contributed by atoms with Crippen molar-refractivity contribution in [1.82, 2.24) is 15.0 Å². The number of amides is 1. The van der Waals surface area contributed by atoms with Crippen molar-refractivity contribution in [2.75, 3.05) is 11.9 Å². The fraction of sp³-hybridized carbons (Fsp3) is 0.231. The first-order valence-corrected chi connectivity index (χ1v) is 6.06. The summed E-state index contributed by atoms with van der Waals surface area (Å²) in [5.74, 6) is 0.231. The molecule has 1 amide bonds. The largest absolute Gasteiger partial charge is 0.450 e. The van der Waals surface area contributed by atoms with Gasteiger partial charge >= 0.3 is 6.09 Å². The Labute approximate surface area is 115 Å². The average Bonchev–Trinajstić information content (AvgIpc) is 2.82. The zero-order valence-corrected chi connectivity index (χ0v) is 10.9. The number of carbonyl (C=O) groups excluding carboxylic acids is 1. The van der Waals surface area contributed by atoms with Gasteiger partial charge in [-0.3, -0.25) is 5.32 Å². The summed E-state index contributed by atoms with van der Waals surface area (Å²) in [6.45, 7) is 2.34. The summed E-state index contributed by atoms with van der Waals surface area (Å²) in [7, 11) is 0. The van der Waals surface area contributed by atoms with E-state index in [1.54, 1.807) is 6.92 Å². The molecule has 0 aliphatic rings. The van der Waals surface area contributed by atoms with Crippen molar-refractivity contribution in [2.45, 2.75) is 13.5 Å². The van der Waals surface area contributed by atoms with Crippen molar-refractivity contribution in [1.29, 1.82) is 5.26 Å². The zero-order valence-electron chi connectivity index (χ0n) is 10.9. The number of hydrogen-bond donors (Lipinski definition) is 1. The van der Waals surface area contributed by atoms with Gasteiger partial charge in [-0.15, -0.1) is 5.10 Å². The third-order valence-electron chi connectivity index (χ3n) is 2.51. The molecule has 2 aromatic rings. The van der Waals surface area contributed by atoms with Gasteiger partial charge in [0.2, 0.25) is 5.69 Å². The van der Waals surface area contributed by atoms with Crippen molar-refractivity contribution in [2.24, 2.45) is 0 Å². The van der Waals surface area contributed by atoms with Crippen LogP contribution in [0.25, 0.3) is 0 Å². The first-order valence-electron chi connectivity index (χ1n) is 6.06. The summed E-state index contributed by atoms with van der Waals surface area (Å²) >= 11 is 0. The Morgan fingerprint density at radius 3 is 2.85 bits per heavy atom. The van der Waals surface area contributed by atoms with E-state index in [1.807, 2.05) is 36.4 Å². The minimum Gasteiger partial charge on any atom is -0.450 e. The van der Waals surface area contributed by atoms with Gasteiger partial charge in [0.15, 0.2) is 5.82 Å². The summed E-state index contributed by atoms with van der Waals surface area (Å²) in [6, 6.07) is 11.4. The third-order valence-corrected chi connectivity index (χ3v) is 2.51. The SMILES string of the molecule is CCOC(=O)Nc1c(C#N)nnn1Cc1ccccc1. The topological polar surface area (TPSA) is 92.8 Å². The van der Waals surface area contributed by atoms with E-state index in [-0.39, 0.29) is 18.1 Å². The molecule has 0 bridgehead atoms. The van der Waals surface area contributed by atoms with E-state index < -0.39 is 6.09 Å². The number of aromatic nitrogens is 3. The molecule has 0 saturated carbocycles. The molecule has 1 N–H and O–H groups in total. The second-order valence-electron chi connectivity index (χ2n) is 3.89. The van der Waals surface area contributed by atoms with Crippen LogP contribution in [0.3, 0.4) is 0 Å². The maximum absolute atomic E-state index is 11.5. The highest BCUT2D eigenvalue weighted by atomic mass is 16.5. The quantitative estimate of drug-likeness (QED) is 0.914. The normalized spacial score (nSPS) is 9.80. The van der Waals surface area contributed by atoms with Crippen molar-refractivity contribution in [3.8, 4) is 6.07 Å². The number of nitrogens with one attached hydrogen (secondary N) is 1. The van der Waals surface area contributed by atoms with Crippen molar-refractivity contribution < 1.29 is 9.53 Å².